The van der Waals surface area contributed by atoms with Crippen LogP contribution in [0.2, 0.25) is 0 Å². The Labute approximate surface area is 132 Å². The Hall–Kier alpha value is -2.30. The maximum Gasteiger partial charge on any atom is 0.317 e. The summed E-state index contributed by atoms with van der Waals surface area (Å²) in [7, 11) is 3.81. The number of carbonyl (C=O) groups excluding carboxylic acids is 1. The molecule has 5 nitrogen and oxygen atoms in total. The molecule has 2 rings (SSSR count). The normalized spacial score (nSPS) is 10.5. The third-order valence-electron chi connectivity index (χ3n) is 3.69. The second-order valence-corrected chi connectivity index (χ2v) is 5.63. The highest BCUT2D eigenvalue weighted by atomic mass is 16.2. The maximum absolute atomic E-state index is 12.1. The van der Waals surface area contributed by atoms with Crippen molar-refractivity contribution < 1.29 is 4.79 Å². The van der Waals surface area contributed by atoms with E-state index in [1.807, 2.05) is 37.0 Å². The molecule has 0 unspecified atom stereocenters. The zero-order valence-electron chi connectivity index (χ0n) is 13.5. The van der Waals surface area contributed by atoms with E-state index in [0.29, 0.717) is 13.1 Å². The van der Waals surface area contributed by atoms with E-state index in [-0.39, 0.29) is 6.03 Å². The Kier molecular flexibility index (Phi) is 5.58. The fraction of sp³-hybridized carbons (Fsp3) is 0.412. The van der Waals surface area contributed by atoms with Crippen molar-refractivity contribution in [3.8, 4) is 0 Å². The standard InChI is InChI=1S/C17H24N4O/c1-14-6-4-7-15(12-14)13-19-17(22)21(3)10-5-8-16-18-9-11-20(16)2/h4,6-7,9,11-12H,5,8,10,13H2,1-3H3,(H,19,22). The summed E-state index contributed by atoms with van der Waals surface area (Å²) in [5.74, 6) is 1.05. The SMILES string of the molecule is Cc1cccc(CNC(=O)N(C)CCCc2nccn2C)c1. The third kappa shape index (κ3) is 4.62. The van der Waals surface area contributed by atoms with Gasteiger partial charge in [0.05, 0.1) is 0 Å². The Morgan fingerprint density at radius 2 is 2.23 bits per heavy atom. The lowest BCUT2D eigenvalue weighted by molar-refractivity contribution is 0.207. The van der Waals surface area contributed by atoms with Crippen molar-refractivity contribution >= 4 is 6.03 Å². The zero-order valence-corrected chi connectivity index (χ0v) is 13.5. The van der Waals surface area contributed by atoms with Crippen LogP contribution in [0.1, 0.15) is 23.4 Å². The second-order valence-electron chi connectivity index (χ2n) is 5.63. The van der Waals surface area contributed by atoms with Crippen LogP contribution in [0, 0.1) is 6.92 Å². The molecule has 0 aliphatic rings. The summed E-state index contributed by atoms with van der Waals surface area (Å²) in [6.07, 6.45) is 5.51. The Morgan fingerprint density at radius 3 is 2.91 bits per heavy atom. The van der Waals surface area contributed by atoms with E-state index in [0.717, 1.165) is 24.2 Å². The fourth-order valence-electron chi connectivity index (χ4n) is 2.35. The number of amides is 2. The van der Waals surface area contributed by atoms with Crippen LogP contribution in [-0.4, -0.2) is 34.1 Å². The topological polar surface area (TPSA) is 50.2 Å². The molecule has 2 amide bonds. The maximum atomic E-state index is 12.1. The molecule has 0 atom stereocenters. The third-order valence-corrected chi connectivity index (χ3v) is 3.69. The van der Waals surface area contributed by atoms with Crippen molar-refractivity contribution in [1.82, 2.24) is 19.8 Å². The molecule has 0 saturated heterocycles. The zero-order chi connectivity index (χ0) is 15.9. The molecule has 0 aliphatic heterocycles. The molecule has 0 saturated carbocycles. The van der Waals surface area contributed by atoms with Crippen LogP contribution in [-0.2, 0) is 20.0 Å². The molecule has 0 bridgehead atoms. The minimum Gasteiger partial charge on any atom is -0.338 e. The van der Waals surface area contributed by atoms with Gasteiger partial charge in [0, 0.05) is 46.0 Å². The average molecular weight is 300 g/mol. The summed E-state index contributed by atoms with van der Waals surface area (Å²) in [6.45, 7) is 3.33. The molecule has 1 aromatic carbocycles. The van der Waals surface area contributed by atoms with Crippen LogP contribution in [0.3, 0.4) is 0 Å². The first-order valence-corrected chi connectivity index (χ1v) is 7.57. The van der Waals surface area contributed by atoms with E-state index in [9.17, 15) is 4.79 Å². The van der Waals surface area contributed by atoms with E-state index in [1.54, 1.807) is 11.1 Å². The molecule has 1 aromatic heterocycles. The lowest BCUT2D eigenvalue weighted by Crippen LogP contribution is -2.37. The van der Waals surface area contributed by atoms with Gasteiger partial charge < -0.3 is 14.8 Å². The first-order chi connectivity index (χ1) is 10.6. The Balaban J connectivity index is 1.71. The van der Waals surface area contributed by atoms with E-state index in [4.69, 9.17) is 0 Å². The van der Waals surface area contributed by atoms with Crippen LogP contribution in [0.15, 0.2) is 36.7 Å². The molecule has 5 heteroatoms. The summed E-state index contributed by atoms with van der Waals surface area (Å²) in [5, 5.41) is 2.95. The van der Waals surface area contributed by atoms with Gasteiger partial charge in [0.2, 0.25) is 0 Å². The van der Waals surface area contributed by atoms with Gasteiger partial charge in [0.25, 0.3) is 0 Å². The number of aromatic nitrogens is 2. The highest BCUT2D eigenvalue weighted by Gasteiger charge is 2.08. The minimum atomic E-state index is -0.0404. The molecule has 0 spiro atoms. The van der Waals surface area contributed by atoms with E-state index in [2.05, 4.69) is 29.4 Å². The van der Waals surface area contributed by atoms with E-state index >= 15 is 0 Å². The van der Waals surface area contributed by atoms with E-state index in [1.165, 1.54) is 5.56 Å². The van der Waals surface area contributed by atoms with Crippen molar-refractivity contribution in [3.05, 3.63) is 53.6 Å². The molecule has 1 heterocycles. The molecular formula is C17H24N4O. The summed E-state index contributed by atoms with van der Waals surface area (Å²) in [6, 6.07) is 8.12. The highest BCUT2D eigenvalue weighted by Crippen LogP contribution is 2.04. The number of hydrogen-bond acceptors (Lipinski definition) is 2. The number of imidazole rings is 1. The van der Waals surface area contributed by atoms with Gasteiger partial charge in [-0.05, 0) is 18.9 Å². The summed E-state index contributed by atoms with van der Waals surface area (Å²) < 4.78 is 2.01. The predicted octanol–water partition coefficient (Wildman–Crippen LogP) is 2.50. The first-order valence-electron chi connectivity index (χ1n) is 7.57. The lowest BCUT2D eigenvalue weighted by atomic mass is 10.1. The van der Waals surface area contributed by atoms with Crippen molar-refractivity contribution in [1.29, 1.82) is 0 Å². The Bertz CT molecular complexity index is 621. The van der Waals surface area contributed by atoms with Gasteiger partial charge in [0.15, 0.2) is 0 Å². The van der Waals surface area contributed by atoms with Gasteiger partial charge in [-0.1, -0.05) is 29.8 Å². The number of aryl methyl sites for hydroxylation is 3. The van der Waals surface area contributed by atoms with Crippen LogP contribution in [0.25, 0.3) is 0 Å². The van der Waals surface area contributed by atoms with Crippen LogP contribution in [0.4, 0.5) is 4.79 Å². The quantitative estimate of drug-likeness (QED) is 0.891. The molecule has 118 valence electrons. The first kappa shape index (κ1) is 16.1. The number of urea groups is 1. The number of rotatable bonds is 6. The molecular weight excluding hydrogens is 276 g/mol. The number of benzene rings is 1. The highest BCUT2D eigenvalue weighted by molar-refractivity contribution is 5.73. The van der Waals surface area contributed by atoms with Crippen LogP contribution >= 0.6 is 0 Å². The molecule has 0 fully saturated rings. The summed E-state index contributed by atoms with van der Waals surface area (Å²) in [4.78, 5) is 18.1. The van der Waals surface area contributed by atoms with Crippen molar-refractivity contribution in [2.45, 2.75) is 26.3 Å². The van der Waals surface area contributed by atoms with Crippen molar-refractivity contribution in [2.24, 2.45) is 7.05 Å². The van der Waals surface area contributed by atoms with Crippen molar-refractivity contribution in [2.75, 3.05) is 13.6 Å². The van der Waals surface area contributed by atoms with Crippen LogP contribution < -0.4 is 5.32 Å². The number of nitrogens with one attached hydrogen (secondary N) is 1. The molecule has 22 heavy (non-hydrogen) atoms. The van der Waals surface area contributed by atoms with Gasteiger partial charge in [-0.15, -0.1) is 0 Å². The number of nitrogens with zero attached hydrogens (tertiary/aromatic N) is 3. The summed E-state index contributed by atoms with van der Waals surface area (Å²) in [5.41, 5.74) is 2.32. The fourth-order valence-corrected chi connectivity index (χ4v) is 2.35. The molecule has 1 N–H and O–H groups in total. The molecule has 0 aliphatic carbocycles. The second kappa shape index (κ2) is 7.64. The predicted molar refractivity (Wildman–Crippen MR) is 87.6 cm³/mol. The monoisotopic (exact) mass is 300 g/mol. The number of carbonyl (C=O) groups is 1. The van der Waals surface area contributed by atoms with Gasteiger partial charge in [-0.25, -0.2) is 9.78 Å². The van der Waals surface area contributed by atoms with Gasteiger partial charge in [-0.3, -0.25) is 0 Å². The van der Waals surface area contributed by atoms with Crippen molar-refractivity contribution in [3.63, 3.8) is 0 Å². The van der Waals surface area contributed by atoms with Gasteiger partial charge in [-0.2, -0.15) is 0 Å². The number of hydrogen-bond donors (Lipinski definition) is 1. The largest absolute Gasteiger partial charge is 0.338 e. The smallest absolute Gasteiger partial charge is 0.317 e. The summed E-state index contributed by atoms with van der Waals surface area (Å²) >= 11 is 0. The lowest BCUT2D eigenvalue weighted by Gasteiger charge is -2.18. The molecule has 0 radical (unpaired) electrons. The minimum absolute atomic E-state index is 0.0404. The van der Waals surface area contributed by atoms with Gasteiger partial charge >= 0.3 is 6.03 Å². The average Bonchev–Trinajstić information content (AvgIpc) is 2.90. The molecule has 2 aromatic rings. The van der Waals surface area contributed by atoms with Crippen LogP contribution in [0.5, 0.6) is 0 Å². The van der Waals surface area contributed by atoms with E-state index < -0.39 is 0 Å². The Morgan fingerprint density at radius 1 is 1.41 bits per heavy atom. The van der Waals surface area contributed by atoms with Gasteiger partial charge in [0.1, 0.15) is 5.82 Å².